The first-order valence-corrected chi connectivity index (χ1v) is 7.49. The molecule has 0 atom stereocenters. The van der Waals surface area contributed by atoms with Crippen molar-refractivity contribution in [2.24, 2.45) is 0 Å². The van der Waals surface area contributed by atoms with Crippen molar-refractivity contribution in [3.63, 3.8) is 0 Å². The Morgan fingerprint density at radius 2 is 1.91 bits per heavy atom. The van der Waals surface area contributed by atoms with E-state index in [-0.39, 0.29) is 5.91 Å². The average Bonchev–Trinajstić information content (AvgIpc) is 2.57. The van der Waals surface area contributed by atoms with Gasteiger partial charge in [-0.1, -0.05) is 42.0 Å². The van der Waals surface area contributed by atoms with Gasteiger partial charge in [-0.2, -0.15) is 0 Å². The lowest BCUT2D eigenvalue weighted by atomic mass is 10.0. The Labute approximate surface area is 130 Å². The van der Waals surface area contributed by atoms with Gasteiger partial charge in [-0.25, -0.2) is 5.01 Å². The Morgan fingerprint density at radius 3 is 2.68 bits per heavy atom. The molecule has 0 bridgehead atoms. The Kier molecular flexibility index (Phi) is 4.61. The lowest BCUT2D eigenvalue weighted by molar-refractivity contribution is 0.0798. The highest BCUT2D eigenvalue weighted by molar-refractivity contribution is 5.93. The smallest absolute Gasteiger partial charge is 0.265 e. The molecule has 4 nitrogen and oxygen atoms in total. The summed E-state index contributed by atoms with van der Waals surface area (Å²) in [5.41, 5.74) is 6.25. The first-order chi connectivity index (χ1) is 10.8. The van der Waals surface area contributed by atoms with Crippen molar-refractivity contribution in [2.45, 2.75) is 12.8 Å². The summed E-state index contributed by atoms with van der Waals surface area (Å²) in [4.78, 5) is 16.1. The topological polar surface area (TPSA) is 45.2 Å². The highest BCUT2D eigenvalue weighted by Crippen LogP contribution is 2.14. The molecule has 1 aliphatic rings. The molecular weight excluding hydrogens is 274 g/mol. The predicted molar refractivity (Wildman–Crippen MR) is 86.1 cm³/mol. The molecular formula is C18H19N3O. The number of hydrogen-bond donors (Lipinski definition) is 1. The maximum absolute atomic E-state index is 12.2. The Hall–Kier alpha value is -2.46. The van der Waals surface area contributed by atoms with Gasteiger partial charge in [-0.3, -0.25) is 15.2 Å². The summed E-state index contributed by atoms with van der Waals surface area (Å²) in [6, 6.07) is 13.9. The summed E-state index contributed by atoms with van der Waals surface area (Å²) in [6.07, 6.45) is 7.43. The molecule has 3 rings (SSSR count). The summed E-state index contributed by atoms with van der Waals surface area (Å²) in [7, 11) is 0. The largest absolute Gasteiger partial charge is 0.284 e. The molecule has 2 heterocycles. The van der Waals surface area contributed by atoms with Crippen molar-refractivity contribution in [3.8, 4) is 0 Å². The highest BCUT2D eigenvalue weighted by Gasteiger charge is 2.15. The van der Waals surface area contributed by atoms with Crippen LogP contribution in [0.4, 0.5) is 0 Å². The fourth-order valence-corrected chi connectivity index (χ4v) is 2.61. The molecule has 1 aromatic carbocycles. The summed E-state index contributed by atoms with van der Waals surface area (Å²) >= 11 is 0. The first kappa shape index (κ1) is 14.5. The quantitative estimate of drug-likeness (QED) is 0.881. The summed E-state index contributed by atoms with van der Waals surface area (Å²) in [5.74, 6) is -0.0802. The van der Waals surface area contributed by atoms with E-state index in [0.29, 0.717) is 5.56 Å². The summed E-state index contributed by atoms with van der Waals surface area (Å²) in [5, 5.41) is 1.99. The third-order valence-electron chi connectivity index (χ3n) is 3.70. The molecule has 0 saturated carbocycles. The van der Waals surface area contributed by atoms with Crippen molar-refractivity contribution in [3.05, 3.63) is 77.6 Å². The Morgan fingerprint density at radius 1 is 1.14 bits per heavy atom. The van der Waals surface area contributed by atoms with Gasteiger partial charge in [0.15, 0.2) is 0 Å². The number of rotatable bonds is 4. The number of amides is 1. The van der Waals surface area contributed by atoms with E-state index < -0.39 is 0 Å². The molecule has 1 N–H and O–H groups in total. The van der Waals surface area contributed by atoms with Gasteiger partial charge in [-0.15, -0.1) is 0 Å². The Balaban J connectivity index is 1.58. The van der Waals surface area contributed by atoms with E-state index in [1.54, 1.807) is 24.5 Å². The molecule has 0 saturated heterocycles. The van der Waals surface area contributed by atoms with E-state index in [0.717, 1.165) is 25.9 Å². The third-order valence-corrected chi connectivity index (χ3v) is 3.70. The molecule has 1 amide bonds. The fraction of sp³-hybridized carbons (Fsp3) is 0.222. The van der Waals surface area contributed by atoms with Gasteiger partial charge >= 0.3 is 0 Å². The van der Waals surface area contributed by atoms with E-state index in [2.05, 4.69) is 40.8 Å². The van der Waals surface area contributed by atoms with Gasteiger partial charge in [0.2, 0.25) is 0 Å². The van der Waals surface area contributed by atoms with Crippen LogP contribution in [-0.4, -0.2) is 29.0 Å². The minimum Gasteiger partial charge on any atom is -0.284 e. The zero-order valence-corrected chi connectivity index (χ0v) is 12.4. The SMILES string of the molecule is O=C(NN1CCC=C(Cc2ccccc2)C1)c1ccncc1. The maximum atomic E-state index is 12.2. The number of nitrogens with zero attached hydrogens (tertiary/aromatic N) is 2. The second kappa shape index (κ2) is 7.00. The molecule has 0 radical (unpaired) electrons. The lowest BCUT2D eigenvalue weighted by Gasteiger charge is -2.27. The molecule has 0 fully saturated rings. The van der Waals surface area contributed by atoms with Crippen LogP contribution in [0, 0.1) is 0 Å². The third kappa shape index (κ3) is 3.80. The van der Waals surface area contributed by atoms with E-state index in [1.807, 2.05) is 11.1 Å². The second-order valence-corrected chi connectivity index (χ2v) is 5.41. The molecule has 0 aliphatic carbocycles. The number of carbonyl (C=O) groups excluding carboxylic acids is 1. The number of pyridine rings is 1. The van der Waals surface area contributed by atoms with Crippen LogP contribution in [0.3, 0.4) is 0 Å². The van der Waals surface area contributed by atoms with Crippen molar-refractivity contribution >= 4 is 5.91 Å². The van der Waals surface area contributed by atoms with Gasteiger partial charge in [0, 0.05) is 31.0 Å². The predicted octanol–water partition coefficient (Wildman–Crippen LogP) is 2.60. The number of hydrogen-bond acceptors (Lipinski definition) is 3. The van der Waals surface area contributed by atoms with Crippen molar-refractivity contribution in [1.29, 1.82) is 0 Å². The minimum atomic E-state index is -0.0802. The van der Waals surface area contributed by atoms with Crippen LogP contribution in [-0.2, 0) is 6.42 Å². The van der Waals surface area contributed by atoms with Crippen LogP contribution in [0.1, 0.15) is 22.3 Å². The van der Waals surface area contributed by atoms with Crippen molar-refractivity contribution in [1.82, 2.24) is 15.4 Å². The molecule has 0 unspecified atom stereocenters. The summed E-state index contributed by atoms with van der Waals surface area (Å²) in [6.45, 7) is 1.61. The molecule has 22 heavy (non-hydrogen) atoms. The molecule has 4 heteroatoms. The Bertz CT molecular complexity index is 653. The van der Waals surface area contributed by atoms with Gasteiger partial charge in [-0.05, 0) is 30.5 Å². The van der Waals surface area contributed by atoms with Gasteiger partial charge in [0.05, 0.1) is 0 Å². The number of nitrogens with one attached hydrogen (secondary N) is 1. The number of aromatic nitrogens is 1. The zero-order chi connectivity index (χ0) is 15.2. The standard InChI is InChI=1S/C18H19N3O/c22-18(17-8-10-19-11-9-17)20-21-12-4-7-16(14-21)13-15-5-2-1-3-6-15/h1-3,5-11H,4,12-14H2,(H,20,22). The van der Waals surface area contributed by atoms with Crippen LogP contribution in [0.15, 0.2) is 66.5 Å². The fourth-order valence-electron chi connectivity index (χ4n) is 2.61. The molecule has 0 spiro atoms. The van der Waals surface area contributed by atoms with Gasteiger partial charge < -0.3 is 0 Å². The van der Waals surface area contributed by atoms with Crippen LogP contribution in [0.5, 0.6) is 0 Å². The summed E-state index contributed by atoms with van der Waals surface area (Å²) < 4.78 is 0. The normalized spacial score (nSPS) is 15.2. The minimum absolute atomic E-state index is 0.0802. The van der Waals surface area contributed by atoms with Gasteiger partial charge in [0.1, 0.15) is 0 Å². The molecule has 2 aromatic rings. The number of carbonyl (C=O) groups is 1. The van der Waals surface area contributed by atoms with E-state index in [4.69, 9.17) is 0 Å². The average molecular weight is 293 g/mol. The first-order valence-electron chi connectivity index (χ1n) is 7.49. The van der Waals surface area contributed by atoms with Crippen LogP contribution < -0.4 is 5.43 Å². The van der Waals surface area contributed by atoms with Crippen LogP contribution in [0.2, 0.25) is 0 Å². The zero-order valence-electron chi connectivity index (χ0n) is 12.4. The lowest BCUT2D eigenvalue weighted by Crippen LogP contribution is -2.45. The van der Waals surface area contributed by atoms with Crippen LogP contribution >= 0.6 is 0 Å². The molecule has 112 valence electrons. The number of hydrazine groups is 1. The van der Waals surface area contributed by atoms with Crippen molar-refractivity contribution < 1.29 is 4.79 Å². The highest BCUT2D eigenvalue weighted by atomic mass is 16.2. The number of benzene rings is 1. The monoisotopic (exact) mass is 293 g/mol. The second-order valence-electron chi connectivity index (χ2n) is 5.41. The maximum Gasteiger partial charge on any atom is 0.265 e. The molecule has 1 aliphatic heterocycles. The van der Waals surface area contributed by atoms with E-state index >= 15 is 0 Å². The molecule has 1 aromatic heterocycles. The van der Waals surface area contributed by atoms with E-state index in [9.17, 15) is 4.79 Å². The van der Waals surface area contributed by atoms with E-state index in [1.165, 1.54) is 11.1 Å². The van der Waals surface area contributed by atoms with Crippen molar-refractivity contribution in [2.75, 3.05) is 13.1 Å². The van der Waals surface area contributed by atoms with Crippen LogP contribution in [0.25, 0.3) is 0 Å². The van der Waals surface area contributed by atoms with Gasteiger partial charge in [0.25, 0.3) is 5.91 Å².